The average molecular weight is 1190 g/mol. The highest BCUT2D eigenvalue weighted by atomic mass is 16.6. The molecule has 0 unspecified atom stereocenters. The van der Waals surface area contributed by atoms with Crippen LogP contribution >= 0.6 is 0 Å². The van der Waals surface area contributed by atoms with Crippen molar-refractivity contribution in [3.63, 3.8) is 0 Å². The van der Waals surface area contributed by atoms with Gasteiger partial charge in [-0.15, -0.1) is 0 Å². The van der Waals surface area contributed by atoms with Gasteiger partial charge in [0.15, 0.2) is 0 Å². The molecular weight excluding hydrogens is 1100 g/mol. The summed E-state index contributed by atoms with van der Waals surface area (Å²) in [5.41, 5.74) is 1.91. The molecule has 0 fully saturated rings. The molecule has 0 saturated heterocycles. The highest BCUT2D eigenvalue weighted by Crippen LogP contribution is 2.37. The highest BCUT2D eigenvalue weighted by Gasteiger charge is 2.43. The lowest BCUT2D eigenvalue weighted by Gasteiger charge is -2.38. The van der Waals surface area contributed by atoms with Crippen molar-refractivity contribution in [1.29, 1.82) is 0 Å². The van der Waals surface area contributed by atoms with Gasteiger partial charge in [0, 0.05) is 34.1 Å². The van der Waals surface area contributed by atoms with Crippen LogP contribution in [0.1, 0.15) is 133 Å². The van der Waals surface area contributed by atoms with Crippen molar-refractivity contribution in [2.45, 2.75) is 156 Å². The number of rotatable bonds is 26. The van der Waals surface area contributed by atoms with Gasteiger partial charge in [-0.25, -0.2) is 0 Å². The van der Waals surface area contributed by atoms with E-state index in [4.69, 9.17) is 18.6 Å². The zero-order valence-corrected chi connectivity index (χ0v) is 53.9. The Morgan fingerprint density at radius 1 is 0.250 bits per heavy atom. The molecule has 0 aliphatic carbocycles. The molecule has 0 amide bonds. The van der Waals surface area contributed by atoms with Gasteiger partial charge in [-0.3, -0.25) is 0 Å². The van der Waals surface area contributed by atoms with Crippen LogP contribution in [0.5, 0.6) is 0 Å². The fourth-order valence-corrected chi connectivity index (χ4v) is 8.58. The number of hydrogen-bond acceptors (Lipinski definition) is 14. The van der Waals surface area contributed by atoms with Gasteiger partial charge in [-0.1, -0.05) is 121 Å². The van der Waals surface area contributed by atoms with Gasteiger partial charge < -0.3 is 68.9 Å². The first-order valence-corrected chi connectivity index (χ1v) is 29.8. The van der Waals surface area contributed by atoms with Gasteiger partial charge in [0.2, 0.25) is 0 Å². The number of hydrogen-bond donors (Lipinski definition) is 8. The summed E-state index contributed by atoms with van der Waals surface area (Å²) < 4.78 is 23.7. The molecule has 0 aliphatic rings. The predicted octanol–water partition coefficient (Wildman–Crippen LogP) is 9.98. The van der Waals surface area contributed by atoms with Gasteiger partial charge in [-0.2, -0.15) is 0 Å². The molecule has 7 aromatic carbocycles. The Morgan fingerprint density at radius 2 is 0.386 bits per heavy atom. The van der Waals surface area contributed by atoms with E-state index in [-0.39, 0.29) is 0 Å². The van der Waals surface area contributed by atoms with Crippen molar-refractivity contribution >= 4 is 109 Å². The Morgan fingerprint density at radius 3 is 0.534 bits per heavy atom. The molecular formula is C70H88B4N2O12. The summed E-state index contributed by atoms with van der Waals surface area (Å²) in [6.45, 7) is 26.9. The maximum atomic E-state index is 11.1. The standard InChI is InChI=1S/C70H88B4N2O12/c1-63(2,77)67(9,10)85-71(81)53-29-41-59(42-30-53)75(60-43-31-54(32-44-60)72(82)86-68(11,12)64(3,4)78)57-37-25-51(26-38-57)23-21-49-17-19-50(20-18-49)22-24-52-27-39-58(40-28-52)76(61-45-33-55(34-46-61)73(83)87-69(13,14)65(5,6)79)62-47-35-56(36-48-62)74(84)88-70(15,16)66(7,8)80/h17-48,77-84H,1-16H3. The van der Waals surface area contributed by atoms with Crippen molar-refractivity contribution in [2.24, 2.45) is 0 Å². The zero-order valence-electron chi connectivity index (χ0n) is 53.9. The average Bonchev–Trinajstić information content (AvgIpc) is 1.79. The van der Waals surface area contributed by atoms with Crippen LogP contribution in [0.15, 0.2) is 170 Å². The largest absolute Gasteiger partial charge is 0.491 e. The van der Waals surface area contributed by atoms with E-state index in [1.54, 1.807) is 159 Å². The van der Waals surface area contributed by atoms with Crippen LogP contribution in [0.4, 0.5) is 34.1 Å². The lowest BCUT2D eigenvalue weighted by Crippen LogP contribution is -2.53. The third-order valence-corrected chi connectivity index (χ3v) is 17.4. The molecule has 0 atom stereocenters. The summed E-state index contributed by atoms with van der Waals surface area (Å²) in [4.78, 5) is 4.11. The van der Waals surface area contributed by atoms with Crippen LogP contribution in [0.2, 0.25) is 0 Å². The van der Waals surface area contributed by atoms with Crippen LogP contribution in [0.25, 0.3) is 24.3 Å². The Bertz CT molecular complexity index is 3050. The molecule has 0 bridgehead atoms. The summed E-state index contributed by atoms with van der Waals surface area (Å²) in [6.07, 6.45) is 8.23. The molecule has 0 saturated carbocycles. The van der Waals surface area contributed by atoms with Crippen LogP contribution in [-0.4, -0.2) is 114 Å². The smallest absolute Gasteiger partial charge is 0.423 e. The van der Waals surface area contributed by atoms with E-state index in [1.165, 1.54) is 0 Å². The minimum atomic E-state index is -1.29. The molecule has 8 N–H and O–H groups in total. The molecule has 0 spiro atoms. The van der Waals surface area contributed by atoms with E-state index in [0.29, 0.717) is 21.9 Å². The van der Waals surface area contributed by atoms with E-state index in [2.05, 4.69) is 58.4 Å². The van der Waals surface area contributed by atoms with Gasteiger partial charge in [0.1, 0.15) is 0 Å². The quantitative estimate of drug-likeness (QED) is 0.0188. The first kappa shape index (κ1) is 68.9. The van der Waals surface area contributed by atoms with Gasteiger partial charge in [0.05, 0.1) is 44.8 Å². The fraction of sp³-hybridized carbons (Fsp3) is 0.343. The summed E-state index contributed by atoms with van der Waals surface area (Å²) in [5.74, 6) is 0. The fourth-order valence-electron chi connectivity index (χ4n) is 8.58. The normalized spacial score (nSPS) is 13.1. The predicted molar refractivity (Wildman–Crippen MR) is 363 cm³/mol. The molecule has 7 aromatic rings. The number of benzene rings is 7. The molecule has 0 heterocycles. The Hall–Kier alpha value is -6.60. The van der Waals surface area contributed by atoms with Gasteiger partial charge >= 0.3 is 28.5 Å². The Kier molecular flexibility index (Phi) is 21.0. The van der Waals surface area contributed by atoms with Crippen molar-refractivity contribution in [1.82, 2.24) is 0 Å². The van der Waals surface area contributed by atoms with Crippen LogP contribution < -0.4 is 31.7 Å². The number of anilines is 6. The van der Waals surface area contributed by atoms with Gasteiger partial charge in [0.25, 0.3) is 0 Å². The SMILES string of the molecule is CC(C)(O)C(C)(C)OB(O)c1ccc(N(c2ccc(C=Cc3ccc(C=Cc4ccc(N(c5ccc(B(O)OC(C)(C)C(C)(C)O)cc5)c5ccc(B(O)OC(C)(C)C(C)(C)O)cc5)cc4)cc3)cc2)c2ccc(B(O)OC(C)(C)C(C)(C)O)cc2)cc1. The van der Waals surface area contributed by atoms with E-state index in [0.717, 1.165) is 56.4 Å². The maximum Gasteiger partial charge on any atom is 0.491 e. The molecule has 0 aliphatic heterocycles. The molecule has 88 heavy (non-hydrogen) atoms. The minimum absolute atomic E-state index is 0.519. The molecule has 18 heteroatoms. The summed E-state index contributed by atoms with van der Waals surface area (Å²) in [7, 11) is -5.14. The summed E-state index contributed by atoms with van der Waals surface area (Å²) in [5, 5.41) is 87.0. The van der Waals surface area contributed by atoms with E-state index in [1.807, 2.05) is 97.1 Å². The zero-order chi connectivity index (χ0) is 65.0. The molecule has 0 aromatic heterocycles. The number of nitrogens with zero attached hydrogens (tertiary/aromatic N) is 2. The van der Waals surface area contributed by atoms with E-state index >= 15 is 0 Å². The number of aliphatic hydroxyl groups is 4. The van der Waals surface area contributed by atoms with Crippen molar-refractivity contribution < 1.29 is 59.1 Å². The second-order valence-electron chi connectivity index (χ2n) is 26.7. The molecule has 462 valence electrons. The van der Waals surface area contributed by atoms with Crippen molar-refractivity contribution in [3.8, 4) is 0 Å². The minimum Gasteiger partial charge on any atom is -0.423 e. The first-order valence-electron chi connectivity index (χ1n) is 29.8. The third kappa shape index (κ3) is 17.0. The monoisotopic (exact) mass is 1190 g/mol. The topological polar surface area (TPSA) is 205 Å². The third-order valence-electron chi connectivity index (χ3n) is 17.4. The Balaban J connectivity index is 1.07. The lowest BCUT2D eigenvalue weighted by molar-refractivity contribution is -0.0982. The van der Waals surface area contributed by atoms with Crippen molar-refractivity contribution in [3.05, 3.63) is 192 Å². The maximum absolute atomic E-state index is 11.1. The first-order chi connectivity index (χ1) is 40.8. The van der Waals surface area contributed by atoms with Crippen LogP contribution in [-0.2, 0) is 18.6 Å². The summed E-state index contributed by atoms with van der Waals surface area (Å²) >= 11 is 0. The van der Waals surface area contributed by atoms with E-state index in [9.17, 15) is 40.5 Å². The second-order valence-corrected chi connectivity index (χ2v) is 26.7. The molecule has 0 radical (unpaired) electrons. The van der Waals surface area contributed by atoms with Crippen molar-refractivity contribution in [2.75, 3.05) is 9.80 Å². The van der Waals surface area contributed by atoms with E-state index < -0.39 is 73.3 Å². The Labute approximate surface area is 523 Å². The van der Waals surface area contributed by atoms with Gasteiger partial charge in [-0.05, 0) is 228 Å². The van der Waals surface area contributed by atoms with Crippen LogP contribution in [0.3, 0.4) is 0 Å². The summed E-state index contributed by atoms with van der Waals surface area (Å²) in [6, 6.07) is 53.9. The molecule has 7 rings (SSSR count). The molecule has 14 nitrogen and oxygen atoms in total. The van der Waals surface area contributed by atoms with Crippen LogP contribution in [0, 0.1) is 0 Å². The highest BCUT2D eigenvalue weighted by molar-refractivity contribution is 6.61. The lowest BCUT2D eigenvalue weighted by atomic mass is 9.76. The second kappa shape index (κ2) is 26.8.